The van der Waals surface area contributed by atoms with E-state index >= 15 is 0 Å². The Balaban J connectivity index is 1.45. The molecule has 8 heteroatoms. The van der Waals surface area contributed by atoms with E-state index in [2.05, 4.69) is 10.2 Å². The van der Waals surface area contributed by atoms with Crippen LogP contribution < -0.4 is 10.2 Å². The average molecular weight is 418 g/mol. The first-order valence-electron chi connectivity index (χ1n) is 9.71. The van der Waals surface area contributed by atoms with E-state index in [9.17, 15) is 13.2 Å². The molecule has 0 radical (unpaired) electrons. The summed E-state index contributed by atoms with van der Waals surface area (Å²) in [5.74, 6) is -0.130. The highest BCUT2D eigenvalue weighted by atomic mass is 32.2. The average Bonchev–Trinajstić information content (AvgIpc) is 2.75. The van der Waals surface area contributed by atoms with Crippen LogP contribution in [0.3, 0.4) is 0 Å². The first-order valence-corrected chi connectivity index (χ1v) is 11.1. The van der Waals surface area contributed by atoms with Gasteiger partial charge >= 0.3 is 0 Å². The molecule has 2 aromatic rings. The number of nitrogens with zero attached hydrogens (tertiary/aromatic N) is 2. The zero-order chi connectivity index (χ0) is 20.7. The van der Waals surface area contributed by atoms with Gasteiger partial charge in [-0.15, -0.1) is 0 Å². The number of amides is 1. The van der Waals surface area contributed by atoms with Gasteiger partial charge in [-0.25, -0.2) is 12.7 Å². The molecule has 0 bridgehead atoms. The Bertz CT molecular complexity index is 895. The normalized spacial score (nSPS) is 14.8. The highest BCUT2D eigenvalue weighted by Crippen LogP contribution is 2.19. The number of hydrogen-bond donors (Lipinski definition) is 1. The van der Waals surface area contributed by atoms with Crippen molar-refractivity contribution < 1.29 is 17.9 Å². The lowest BCUT2D eigenvalue weighted by Gasteiger charge is -2.28. The summed E-state index contributed by atoms with van der Waals surface area (Å²) in [5, 5.41) is 2.87. The first kappa shape index (κ1) is 21.3. The van der Waals surface area contributed by atoms with E-state index in [1.165, 1.54) is 11.4 Å². The number of anilines is 2. The number of morpholine rings is 1. The predicted molar refractivity (Wildman–Crippen MR) is 114 cm³/mol. The number of carbonyl (C=O) groups excluding carboxylic acids is 1. The van der Waals surface area contributed by atoms with Crippen LogP contribution in [0.4, 0.5) is 11.4 Å². The van der Waals surface area contributed by atoms with Gasteiger partial charge in [0.1, 0.15) is 0 Å². The molecule has 1 aliphatic heterocycles. The van der Waals surface area contributed by atoms with Crippen LogP contribution in [-0.2, 0) is 19.6 Å². The Kier molecular flexibility index (Phi) is 7.24. The zero-order valence-corrected chi connectivity index (χ0v) is 17.4. The lowest BCUT2D eigenvalue weighted by Crippen LogP contribution is -2.36. The van der Waals surface area contributed by atoms with Crippen LogP contribution in [0.1, 0.15) is 12.8 Å². The van der Waals surface area contributed by atoms with E-state index in [1.54, 1.807) is 30.3 Å². The second kappa shape index (κ2) is 9.87. The van der Waals surface area contributed by atoms with E-state index in [0.29, 0.717) is 6.42 Å². The number of benzene rings is 2. The van der Waals surface area contributed by atoms with Crippen molar-refractivity contribution in [3.05, 3.63) is 54.6 Å². The Morgan fingerprint density at radius 3 is 2.38 bits per heavy atom. The SMILES string of the molecule is CN(CCCC(=O)Nc1ccc(N2CCOCC2)cc1)S(=O)(=O)c1ccccc1. The molecule has 1 N–H and O–H groups in total. The molecule has 1 saturated heterocycles. The predicted octanol–water partition coefficient (Wildman–Crippen LogP) is 2.56. The van der Waals surface area contributed by atoms with Gasteiger partial charge in [0, 0.05) is 44.5 Å². The van der Waals surface area contributed by atoms with Crippen molar-refractivity contribution in [2.24, 2.45) is 0 Å². The monoisotopic (exact) mass is 417 g/mol. The summed E-state index contributed by atoms with van der Waals surface area (Å²) in [6.45, 7) is 3.47. The number of sulfonamides is 1. The fraction of sp³-hybridized carbons (Fsp3) is 0.381. The van der Waals surface area contributed by atoms with E-state index in [-0.39, 0.29) is 23.8 Å². The second-order valence-corrected chi connectivity index (χ2v) is 8.98. The van der Waals surface area contributed by atoms with Crippen LogP contribution in [0.5, 0.6) is 0 Å². The number of ether oxygens (including phenoxy) is 1. The quantitative estimate of drug-likeness (QED) is 0.714. The van der Waals surface area contributed by atoms with Crippen molar-refractivity contribution in [2.75, 3.05) is 50.1 Å². The summed E-state index contributed by atoms with van der Waals surface area (Å²) < 4.78 is 31.6. The molecule has 1 fully saturated rings. The largest absolute Gasteiger partial charge is 0.378 e. The molecule has 0 atom stereocenters. The fourth-order valence-electron chi connectivity index (χ4n) is 3.16. The molecule has 0 unspecified atom stereocenters. The van der Waals surface area contributed by atoms with E-state index in [1.807, 2.05) is 24.3 Å². The van der Waals surface area contributed by atoms with Crippen LogP contribution in [0.15, 0.2) is 59.5 Å². The maximum Gasteiger partial charge on any atom is 0.242 e. The highest BCUT2D eigenvalue weighted by molar-refractivity contribution is 7.89. The van der Waals surface area contributed by atoms with Crippen molar-refractivity contribution in [3.8, 4) is 0 Å². The topological polar surface area (TPSA) is 79.0 Å². The van der Waals surface area contributed by atoms with Gasteiger partial charge < -0.3 is 15.0 Å². The Hall–Kier alpha value is -2.42. The number of rotatable bonds is 8. The third kappa shape index (κ3) is 5.79. The summed E-state index contributed by atoms with van der Waals surface area (Å²) in [6, 6.07) is 16.0. The molecule has 0 spiro atoms. The summed E-state index contributed by atoms with van der Waals surface area (Å²) >= 11 is 0. The Morgan fingerprint density at radius 1 is 1.07 bits per heavy atom. The van der Waals surface area contributed by atoms with Crippen molar-refractivity contribution in [2.45, 2.75) is 17.7 Å². The molecule has 0 saturated carbocycles. The lowest BCUT2D eigenvalue weighted by molar-refractivity contribution is -0.116. The van der Waals surface area contributed by atoms with Crippen LogP contribution in [0, 0.1) is 0 Å². The summed E-state index contributed by atoms with van der Waals surface area (Å²) in [5.41, 5.74) is 1.84. The summed E-state index contributed by atoms with van der Waals surface area (Å²) in [7, 11) is -1.99. The van der Waals surface area contributed by atoms with Gasteiger partial charge in [0.2, 0.25) is 15.9 Å². The lowest BCUT2D eigenvalue weighted by atomic mass is 10.2. The van der Waals surface area contributed by atoms with Crippen LogP contribution >= 0.6 is 0 Å². The van der Waals surface area contributed by atoms with Gasteiger partial charge in [0.05, 0.1) is 18.1 Å². The third-order valence-corrected chi connectivity index (χ3v) is 6.73. The molecule has 3 rings (SSSR count). The van der Waals surface area contributed by atoms with Gasteiger partial charge in [-0.3, -0.25) is 4.79 Å². The van der Waals surface area contributed by atoms with E-state index in [0.717, 1.165) is 37.7 Å². The second-order valence-electron chi connectivity index (χ2n) is 6.94. The van der Waals surface area contributed by atoms with Gasteiger partial charge in [-0.1, -0.05) is 18.2 Å². The highest BCUT2D eigenvalue weighted by Gasteiger charge is 2.20. The smallest absolute Gasteiger partial charge is 0.242 e. The zero-order valence-electron chi connectivity index (χ0n) is 16.6. The molecule has 1 aliphatic rings. The maximum atomic E-state index is 12.5. The molecule has 0 aromatic heterocycles. The number of carbonyl (C=O) groups is 1. The molecule has 1 heterocycles. The van der Waals surface area contributed by atoms with Gasteiger partial charge in [-0.2, -0.15) is 0 Å². The maximum absolute atomic E-state index is 12.5. The molecular weight excluding hydrogens is 390 g/mol. The minimum absolute atomic E-state index is 0.130. The fourth-order valence-corrected chi connectivity index (χ4v) is 4.39. The van der Waals surface area contributed by atoms with Crippen molar-refractivity contribution in [3.63, 3.8) is 0 Å². The Morgan fingerprint density at radius 2 is 1.72 bits per heavy atom. The van der Waals surface area contributed by atoms with E-state index < -0.39 is 10.0 Å². The Labute approximate surface area is 172 Å². The van der Waals surface area contributed by atoms with E-state index in [4.69, 9.17) is 4.74 Å². The summed E-state index contributed by atoms with van der Waals surface area (Å²) in [6.07, 6.45) is 0.695. The molecule has 2 aromatic carbocycles. The molecule has 0 aliphatic carbocycles. The van der Waals surface area contributed by atoms with Crippen molar-refractivity contribution in [1.29, 1.82) is 0 Å². The van der Waals surface area contributed by atoms with Crippen molar-refractivity contribution >= 4 is 27.3 Å². The van der Waals surface area contributed by atoms with Gasteiger partial charge in [0.15, 0.2) is 0 Å². The number of nitrogens with one attached hydrogen (secondary N) is 1. The van der Waals surface area contributed by atoms with Crippen LogP contribution in [0.25, 0.3) is 0 Å². The van der Waals surface area contributed by atoms with Gasteiger partial charge in [-0.05, 0) is 42.8 Å². The molecule has 1 amide bonds. The molecular formula is C21H27N3O4S. The van der Waals surface area contributed by atoms with Gasteiger partial charge in [0.25, 0.3) is 0 Å². The third-order valence-electron chi connectivity index (χ3n) is 4.86. The molecule has 156 valence electrons. The minimum atomic E-state index is -3.52. The van der Waals surface area contributed by atoms with Crippen molar-refractivity contribution in [1.82, 2.24) is 4.31 Å². The summed E-state index contributed by atoms with van der Waals surface area (Å²) in [4.78, 5) is 14.7. The van der Waals surface area contributed by atoms with Crippen LogP contribution in [-0.4, -0.2) is 58.5 Å². The molecule has 7 nitrogen and oxygen atoms in total. The number of hydrogen-bond acceptors (Lipinski definition) is 5. The standard InChI is InChI=1S/C21H27N3O4S/c1-23(29(26,27)20-6-3-2-4-7-20)13-5-8-21(25)22-18-9-11-19(12-10-18)24-14-16-28-17-15-24/h2-4,6-7,9-12H,5,8,13-17H2,1H3,(H,22,25). The molecule has 29 heavy (non-hydrogen) atoms. The van der Waals surface area contributed by atoms with Crippen LogP contribution in [0.2, 0.25) is 0 Å². The first-order chi connectivity index (χ1) is 14.0. The minimum Gasteiger partial charge on any atom is -0.378 e.